The Bertz CT molecular complexity index is 1090. The molecule has 0 saturated carbocycles. The average Bonchev–Trinajstić information content (AvgIpc) is 2.79. The predicted molar refractivity (Wildman–Crippen MR) is 135 cm³/mol. The summed E-state index contributed by atoms with van der Waals surface area (Å²) in [6, 6.07) is 9.50. The highest BCUT2D eigenvalue weighted by atomic mass is 35.5. The van der Waals surface area contributed by atoms with Gasteiger partial charge in [0.05, 0.1) is 11.2 Å². The largest absolute Gasteiger partial charge is 0.384 e. The number of aliphatic hydroxyl groups is 1. The number of anilines is 1. The molecule has 0 bridgehead atoms. The van der Waals surface area contributed by atoms with E-state index in [4.69, 9.17) is 11.6 Å². The molecular weight excluding hydrogens is 468 g/mol. The smallest absolute Gasteiger partial charge is 0.253 e. The lowest BCUT2D eigenvalue weighted by Gasteiger charge is -2.51. The molecule has 0 unspecified atom stereocenters. The second-order valence-electron chi connectivity index (χ2n) is 10.1. The van der Waals surface area contributed by atoms with Crippen LogP contribution in [0.2, 0.25) is 5.02 Å². The van der Waals surface area contributed by atoms with Crippen molar-refractivity contribution in [3.63, 3.8) is 0 Å². The fourth-order valence-corrected chi connectivity index (χ4v) is 4.61. The lowest BCUT2D eigenvalue weighted by Crippen LogP contribution is -2.60. The number of pyridine rings is 1. The van der Waals surface area contributed by atoms with Gasteiger partial charge in [-0.1, -0.05) is 51.4 Å². The zero-order valence-corrected chi connectivity index (χ0v) is 21.5. The number of benzene rings is 1. The van der Waals surface area contributed by atoms with Crippen LogP contribution in [0.25, 0.3) is 0 Å². The molecular formula is C26H33ClN4O4. The van der Waals surface area contributed by atoms with E-state index >= 15 is 0 Å². The Morgan fingerprint density at radius 2 is 1.77 bits per heavy atom. The Hall–Kier alpha value is -2.97. The van der Waals surface area contributed by atoms with Gasteiger partial charge in [-0.25, -0.2) is 4.98 Å². The van der Waals surface area contributed by atoms with Crippen molar-refractivity contribution in [1.29, 1.82) is 0 Å². The van der Waals surface area contributed by atoms with Crippen molar-refractivity contribution in [2.45, 2.75) is 52.7 Å². The molecule has 1 aromatic carbocycles. The first kappa shape index (κ1) is 26.6. The molecule has 3 amide bonds. The molecule has 188 valence electrons. The minimum Gasteiger partial charge on any atom is -0.384 e. The highest BCUT2D eigenvalue weighted by Crippen LogP contribution is 2.46. The molecule has 8 nitrogen and oxygen atoms in total. The Morgan fingerprint density at radius 1 is 1.11 bits per heavy atom. The van der Waals surface area contributed by atoms with Crippen molar-refractivity contribution in [3.8, 4) is 0 Å². The number of carbonyl (C=O) groups excluding carboxylic acids is 3. The van der Waals surface area contributed by atoms with Crippen molar-refractivity contribution in [1.82, 2.24) is 15.2 Å². The second-order valence-corrected chi connectivity index (χ2v) is 10.5. The van der Waals surface area contributed by atoms with Crippen molar-refractivity contribution in [3.05, 3.63) is 58.7 Å². The van der Waals surface area contributed by atoms with E-state index in [2.05, 4.69) is 15.6 Å². The summed E-state index contributed by atoms with van der Waals surface area (Å²) >= 11 is 6.02. The van der Waals surface area contributed by atoms with E-state index in [1.54, 1.807) is 23.1 Å². The average molecular weight is 501 g/mol. The Labute approximate surface area is 211 Å². The lowest BCUT2D eigenvalue weighted by molar-refractivity contribution is -0.155. The summed E-state index contributed by atoms with van der Waals surface area (Å²) in [5, 5.41) is 17.6. The molecule has 3 rings (SSSR count). The number of rotatable bonds is 6. The number of carbonyl (C=O) groups is 3. The number of hydrogen-bond acceptors (Lipinski definition) is 5. The van der Waals surface area contributed by atoms with E-state index in [0.717, 1.165) is 5.56 Å². The van der Waals surface area contributed by atoms with Crippen LogP contribution in [-0.2, 0) is 15.2 Å². The quantitative estimate of drug-likeness (QED) is 0.561. The molecule has 0 aliphatic carbocycles. The zero-order valence-electron chi connectivity index (χ0n) is 20.8. The Kier molecular flexibility index (Phi) is 7.87. The van der Waals surface area contributed by atoms with Gasteiger partial charge in [-0.15, -0.1) is 0 Å². The van der Waals surface area contributed by atoms with Crippen molar-refractivity contribution in [2.75, 3.05) is 18.4 Å². The number of hydrogen-bond donors (Lipinski definition) is 3. The molecule has 0 spiro atoms. The molecule has 1 aliphatic rings. The number of aromatic nitrogens is 1. The van der Waals surface area contributed by atoms with Crippen molar-refractivity contribution >= 4 is 35.1 Å². The SMILES string of the molecule is CC(=O)Nc1ccc(C(=O)N[C@@H](C(=O)N2CC[C@](O)(c3ccc(Cl)cc3)C(C)(C)C2)C(C)C)cn1. The zero-order chi connectivity index (χ0) is 26.0. The topological polar surface area (TPSA) is 112 Å². The highest BCUT2D eigenvalue weighted by molar-refractivity contribution is 6.30. The van der Waals surface area contributed by atoms with E-state index in [1.807, 2.05) is 39.8 Å². The monoisotopic (exact) mass is 500 g/mol. The summed E-state index contributed by atoms with van der Waals surface area (Å²) in [6.45, 7) is 9.68. The van der Waals surface area contributed by atoms with Gasteiger partial charge in [0.15, 0.2) is 0 Å². The van der Waals surface area contributed by atoms with E-state index < -0.39 is 23.0 Å². The number of amides is 3. The van der Waals surface area contributed by atoms with E-state index in [0.29, 0.717) is 30.4 Å². The number of halogens is 1. The first-order valence-electron chi connectivity index (χ1n) is 11.7. The van der Waals surface area contributed by atoms with Gasteiger partial charge in [-0.3, -0.25) is 14.4 Å². The first-order chi connectivity index (χ1) is 16.3. The lowest BCUT2D eigenvalue weighted by atomic mass is 9.66. The molecule has 3 N–H and O–H groups in total. The van der Waals surface area contributed by atoms with Crippen LogP contribution < -0.4 is 10.6 Å². The summed E-state index contributed by atoms with van der Waals surface area (Å²) in [5.41, 5.74) is -0.702. The summed E-state index contributed by atoms with van der Waals surface area (Å²) in [4.78, 5) is 43.3. The maximum Gasteiger partial charge on any atom is 0.253 e. The van der Waals surface area contributed by atoms with Crippen LogP contribution in [0.3, 0.4) is 0 Å². The molecule has 0 radical (unpaired) electrons. The van der Waals surface area contributed by atoms with E-state index in [1.165, 1.54) is 19.2 Å². The molecule has 2 atom stereocenters. The first-order valence-corrected chi connectivity index (χ1v) is 12.0. The standard InChI is InChI=1S/C26H33ClN4O4/c1-16(2)22(30-23(33)18-6-11-21(28-14-18)29-17(3)32)24(34)31-13-12-26(35,25(4,5)15-31)19-7-9-20(27)10-8-19/h6-11,14,16,22,35H,12-13,15H2,1-5H3,(H,30,33)(H,28,29,32)/t22-,26+/m1/s1. The fraction of sp³-hybridized carbons (Fsp3) is 0.462. The maximum absolute atomic E-state index is 13.5. The summed E-state index contributed by atoms with van der Waals surface area (Å²) < 4.78 is 0. The second kappa shape index (κ2) is 10.3. The molecule has 1 saturated heterocycles. The van der Waals surface area contributed by atoms with Gasteiger partial charge in [0.1, 0.15) is 11.9 Å². The van der Waals surface area contributed by atoms with Gasteiger partial charge in [-0.2, -0.15) is 0 Å². The summed E-state index contributed by atoms with van der Waals surface area (Å²) in [7, 11) is 0. The number of likely N-dealkylation sites (tertiary alicyclic amines) is 1. The third-order valence-electron chi connectivity index (χ3n) is 6.63. The van der Waals surface area contributed by atoms with Gasteiger partial charge in [0, 0.05) is 36.6 Å². The summed E-state index contributed by atoms with van der Waals surface area (Å²) in [6.07, 6.45) is 1.72. The van der Waals surface area contributed by atoms with Crippen LogP contribution >= 0.6 is 11.6 Å². The highest BCUT2D eigenvalue weighted by Gasteiger charge is 2.50. The van der Waals surface area contributed by atoms with Crippen LogP contribution in [0.5, 0.6) is 0 Å². The van der Waals surface area contributed by atoms with Crippen LogP contribution in [-0.4, -0.2) is 51.8 Å². The van der Waals surface area contributed by atoms with Crippen LogP contribution in [0.15, 0.2) is 42.6 Å². The van der Waals surface area contributed by atoms with Crippen molar-refractivity contribution in [2.24, 2.45) is 11.3 Å². The predicted octanol–water partition coefficient (Wildman–Crippen LogP) is 3.59. The molecule has 1 aromatic heterocycles. The van der Waals surface area contributed by atoms with Crippen LogP contribution in [0.1, 0.15) is 57.0 Å². The molecule has 35 heavy (non-hydrogen) atoms. The number of nitrogens with one attached hydrogen (secondary N) is 2. The third-order valence-corrected chi connectivity index (χ3v) is 6.88. The molecule has 2 aromatic rings. The van der Waals surface area contributed by atoms with E-state index in [-0.39, 0.29) is 23.3 Å². The van der Waals surface area contributed by atoms with Crippen LogP contribution in [0.4, 0.5) is 5.82 Å². The third kappa shape index (κ3) is 5.82. The normalized spacial score (nSPS) is 20.3. The Balaban J connectivity index is 1.73. The molecule has 9 heteroatoms. The number of nitrogens with zero attached hydrogens (tertiary/aromatic N) is 2. The van der Waals surface area contributed by atoms with Crippen LogP contribution in [0, 0.1) is 11.3 Å². The molecule has 1 aliphatic heterocycles. The maximum atomic E-state index is 13.5. The van der Waals surface area contributed by atoms with E-state index in [9.17, 15) is 19.5 Å². The van der Waals surface area contributed by atoms with Gasteiger partial charge in [0.25, 0.3) is 5.91 Å². The molecule has 2 heterocycles. The van der Waals surface area contributed by atoms with Gasteiger partial charge in [0.2, 0.25) is 11.8 Å². The van der Waals surface area contributed by atoms with Gasteiger partial charge in [-0.05, 0) is 42.2 Å². The fourth-order valence-electron chi connectivity index (χ4n) is 4.49. The number of piperidine rings is 1. The molecule has 1 fully saturated rings. The van der Waals surface area contributed by atoms with Gasteiger partial charge < -0.3 is 20.6 Å². The summed E-state index contributed by atoms with van der Waals surface area (Å²) in [5.74, 6) is -0.685. The minimum absolute atomic E-state index is 0.154. The van der Waals surface area contributed by atoms with Crippen molar-refractivity contribution < 1.29 is 19.5 Å². The Morgan fingerprint density at radius 3 is 2.29 bits per heavy atom. The minimum atomic E-state index is -1.12. The van der Waals surface area contributed by atoms with Gasteiger partial charge >= 0.3 is 0 Å².